The first kappa shape index (κ1) is 27.6. The van der Waals surface area contributed by atoms with E-state index in [0.29, 0.717) is 61.9 Å². The van der Waals surface area contributed by atoms with Gasteiger partial charge in [0.2, 0.25) is 0 Å². The van der Waals surface area contributed by atoms with Crippen LogP contribution in [0, 0.1) is 17.1 Å². The number of rotatable bonds is 8. The number of pyridine rings is 1. The van der Waals surface area contributed by atoms with Gasteiger partial charge in [0.25, 0.3) is 5.91 Å². The van der Waals surface area contributed by atoms with E-state index >= 15 is 0 Å². The highest BCUT2D eigenvalue weighted by molar-refractivity contribution is 6.04. The Morgan fingerprint density at radius 2 is 1.88 bits per heavy atom. The number of hydrogen-bond donors (Lipinski definition) is 2. The van der Waals surface area contributed by atoms with Gasteiger partial charge < -0.3 is 24.3 Å². The number of imidazole rings is 1. The third-order valence-electron chi connectivity index (χ3n) is 7.25. The van der Waals surface area contributed by atoms with Gasteiger partial charge in [0.1, 0.15) is 29.0 Å². The maximum atomic E-state index is 14.3. The highest BCUT2D eigenvalue weighted by Gasteiger charge is 2.22. The summed E-state index contributed by atoms with van der Waals surface area (Å²) in [4.78, 5) is 42.0. The van der Waals surface area contributed by atoms with Gasteiger partial charge in [0, 0.05) is 26.2 Å². The van der Waals surface area contributed by atoms with Crippen LogP contribution in [0.2, 0.25) is 0 Å². The fraction of sp³-hybridized carbons (Fsp3) is 0.200. The molecule has 1 amide bonds. The molecule has 43 heavy (non-hydrogen) atoms. The fourth-order valence-corrected chi connectivity index (χ4v) is 5.04. The number of benzene rings is 2. The molecule has 6 rings (SSSR count). The van der Waals surface area contributed by atoms with Crippen LogP contribution in [0.15, 0.2) is 71.6 Å². The van der Waals surface area contributed by atoms with Crippen molar-refractivity contribution in [1.29, 1.82) is 5.26 Å². The normalized spacial score (nSPS) is 13.6. The predicted octanol–water partition coefficient (Wildman–Crippen LogP) is 3.75. The number of fused-ring (bicyclic) bond motifs is 1. The van der Waals surface area contributed by atoms with Crippen molar-refractivity contribution in [2.45, 2.75) is 13.1 Å². The molecule has 2 aromatic carbocycles. The van der Waals surface area contributed by atoms with Crippen LogP contribution in [0.5, 0.6) is 0 Å². The van der Waals surface area contributed by atoms with Crippen molar-refractivity contribution in [1.82, 2.24) is 24.4 Å². The van der Waals surface area contributed by atoms with Gasteiger partial charge in [-0.1, -0.05) is 6.07 Å². The van der Waals surface area contributed by atoms with E-state index in [2.05, 4.69) is 25.1 Å². The van der Waals surface area contributed by atoms with Gasteiger partial charge in [-0.15, -0.1) is 0 Å². The van der Waals surface area contributed by atoms with Crippen molar-refractivity contribution >= 4 is 34.5 Å². The lowest BCUT2D eigenvalue weighted by molar-refractivity contribution is 0.0696. The number of halogens is 1. The monoisotopic (exact) mass is 580 g/mol. The van der Waals surface area contributed by atoms with Gasteiger partial charge in [-0.3, -0.25) is 9.69 Å². The molecule has 0 atom stereocenters. The van der Waals surface area contributed by atoms with Crippen LogP contribution in [-0.4, -0.2) is 67.6 Å². The summed E-state index contributed by atoms with van der Waals surface area (Å²) in [6.45, 7) is 3.66. The van der Waals surface area contributed by atoms with E-state index in [1.807, 2.05) is 16.7 Å². The number of anilines is 2. The summed E-state index contributed by atoms with van der Waals surface area (Å²) in [5.74, 6) is -0.0651. The molecule has 216 valence electrons. The summed E-state index contributed by atoms with van der Waals surface area (Å²) in [5.41, 5.74) is 1.54. The topological polar surface area (TPSA) is 153 Å². The summed E-state index contributed by atoms with van der Waals surface area (Å²) in [7, 11) is 0. The Labute approximate surface area is 244 Å². The van der Waals surface area contributed by atoms with Crippen LogP contribution in [-0.2, 0) is 13.1 Å². The molecule has 0 aliphatic carbocycles. The molecule has 0 unspecified atom stereocenters. The maximum absolute atomic E-state index is 14.3. The minimum atomic E-state index is -1.01. The van der Waals surface area contributed by atoms with Crippen LogP contribution in [0.25, 0.3) is 11.0 Å². The molecule has 0 bridgehead atoms. The number of nitriles is 1. The summed E-state index contributed by atoms with van der Waals surface area (Å²) >= 11 is 0. The first-order valence-electron chi connectivity index (χ1n) is 13.4. The summed E-state index contributed by atoms with van der Waals surface area (Å²) in [6, 6.07) is 15.7. The molecule has 1 aliphatic rings. The Hall–Kier alpha value is -5.61. The largest absolute Gasteiger partial charge is 0.478 e. The van der Waals surface area contributed by atoms with E-state index in [1.54, 1.807) is 36.5 Å². The van der Waals surface area contributed by atoms with E-state index < -0.39 is 17.7 Å². The lowest BCUT2D eigenvalue weighted by Crippen LogP contribution is -2.46. The molecule has 0 saturated carbocycles. The number of carbonyl (C=O) groups is 2. The second-order valence-corrected chi connectivity index (χ2v) is 10.00. The number of aromatic carboxylic acids is 1. The summed E-state index contributed by atoms with van der Waals surface area (Å²) < 4.78 is 21.7. The van der Waals surface area contributed by atoms with Gasteiger partial charge in [0.05, 0.1) is 53.1 Å². The van der Waals surface area contributed by atoms with Gasteiger partial charge in [0.15, 0.2) is 6.39 Å². The molecule has 12 nitrogen and oxygen atoms in total. The second-order valence-electron chi connectivity index (χ2n) is 10.00. The van der Waals surface area contributed by atoms with E-state index in [4.69, 9.17) is 14.7 Å². The number of nitrogens with zero attached hydrogens (tertiary/aromatic N) is 7. The van der Waals surface area contributed by atoms with Gasteiger partial charge in [-0.25, -0.2) is 24.1 Å². The zero-order chi connectivity index (χ0) is 29.9. The molecule has 1 fully saturated rings. The number of carbonyl (C=O) groups excluding carboxylic acids is 1. The molecule has 3 aromatic heterocycles. The first-order chi connectivity index (χ1) is 20.9. The molecule has 5 aromatic rings. The van der Waals surface area contributed by atoms with Crippen LogP contribution >= 0.6 is 0 Å². The Bertz CT molecular complexity index is 1860. The quantitative estimate of drug-likeness (QED) is 0.277. The Morgan fingerprint density at radius 1 is 1.05 bits per heavy atom. The number of nitrogens with one attached hydrogen (secondary N) is 1. The molecule has 0 spiro atoms. The number of hydrogen-bond acceptors (Lipinski definition) is 9. The van der Waals surface area contributed by atoms with Crippen molar-refractivity contribution in [3.8, 4) is 6.07 Å². The third-order valence-corrected chi connectivity index (χ3v) is 7.25. The lowest BCUT2D eigenvalue weighted by Gasteiger charge is -2.35. The second kappa shape index (κ2) is 11.7. The number of carboxylic acids is 1. The van der Waals surface area contributed by atoms with E-state index in [9.17, 15) is 19.1 Å². The molecule has 1 aliphatic heterocycles. The van der Waals surface area contributed by atoms with Crippen molar-refractivity contribution in [3.05, 3.63) is 101 Å². The minimum Gasteiger partial charge on any atom is -0.478 e. The number of oxazole rings is 1. The number of carboxylic acid groups (broad SMARTS) is 1. The standard InChI is InChI=1S/C30H25FN8O4/c31-23-12-19(14-32)4-6-22(23)29(40)36-26-2-1-3-27(35-26)38-10-8-37(9-11-38)17-28-34-24-7-5-20(30(41)42)13-25(24)39(28)16-21-15-33-18-43-21/h1-7,12-13,15,18H,8-11,16-17H2,(H,41,42)(H,35,36,40). The fourth-order valence-electron chi connectivity index (χ4n) is 5.04. The number of aromatic nitrogens is 4. The number of piperazine rings is 1. The highest BCUT2D eigenvalue weighted by Crippen LogP contribution is 2.23. The highest BCUT2D eigenvalue weighted by atomic mass is 19.1. The Kier molecular flexibility index (Phi) is 7.50. The van der Waals surface area contributed by atoms with Gasteiger partial charge in [-0.05, 0) is 48.5 Å². The zero-order valence-corrected chi connectivity index (χ0v) is 22.8. The SMILES string of the molecule is N#Cc1ccc(C(=O)Nc2cccc(N3CCN(Cc4nc5ccc(C(=O)O)cc5n4Cc4cnco4)CC3)n2)c(F)c1. The Morgan fingerprint density at radius 3 is 2.60 bits per heavy atom. The Balaban J connectivity index is 1.14. The van der Waals surface area contributed by atoms with E-state index in [1.165, 1.54) is 18.5 Å². The molecular weight excluding hydrogens is 555 g/mol. The van der Waals surface area contributed by atoms with Crippen LogP contribution in [0.3, 0.4) is 0 Å². The van der Waals surface area contributed by atoms with Crippen LogP contribution < -0.4 is 10.2 Å². The number of amides is 1. The maximum Gasteiger partial charge on any atom is 0.335 e. The minimum absolute atomic E-state index is 0.132. The predicted molar refractivity (Wildman–Crippen MR) is 153 cm³/mol. The summed E-state index contributed by atoms with van der Waals surface area (Å²) in [6.07, 6.45) is 2.98. The average molecular weight is 581 g/mol. The zero-order valence-electron chi connectivity index (χ0n) is 22.8. The summed E-state index contributed by atoms with van der Waals surface area (Å²) in [5, 5.41) is 21.1. The van der Waals surface area contributed by atoms with Crippen molar-refractivity contribution in [2.75, 3.05) is 36.4 Å². The smallest absolute Gasteiger partial charge is 0.335 e. The van der Waals surface area contributed by atoms with Crippen molar-refractivity contribution < 1.29 is 23.5 Å². The molecule has 2 N–H and O–H groups in total. The third kappa shape index (κ3) is 5.90. The van der Waals surface area contributed by atoms with E-state index in [0.717, 1.165) is 11.9 Å². The molecule has 1 saturated heterocycles. The average Bonchev–Trinajstić information content (AvgIpc) is 3.65. The van der Waals surface area contributed by atoms with Gasteiger partial charge in [-0.2, -0.15) is 5.26 Å². The van der Waals surface area contributed by atoms with Crippen molar-refractivity contribution in [2.24, 2.45) is 0 Å². The lowest BCUT2D eigenvalue weighted by atomic mass is 10.1. The molecule has 13 heteroatoms. The molecule has 0 radical (unpaired) electrons. The van der Waals surface area contributed by atoms with Crippen LogP contribution in [0.1, 0.15) is 37.9 Å². The van der Waals surface area contributed by atoms with Crippen LogP contribution in [0.4, 0.5) is 16.0 Å². The first-order valence-corrected chi connectivity index (χ1v) is 13.4. The van der Waals surface area contributed by atoms with Crippen molar-refractivity contribution in [3.63, 3.8) is 0 Å². The van der Waals surface area contributed by atoms with Gasteiger partial charge >= 0.3 is 5.97 Å². The van der Waals surface area contributed by atoms with E-state index in [-0.39, 0.29) is 22.5 Å². The molecular formula is C30H25FN8O4. The molecule has 4 heterocycles.